The number of hydrogen-bond acceptors (Lipinski definition) is 2. The summed E-state index contributed by atoms with van der Waals surface area (Å²) in [7, 11) is 0. The van der Waals surface area contributed by atoms with E-state index >= 15 is 0 Å². The smallest absolute Gasteiger partial charge is 0.318 e. The number of halogens is 1. The summed E-state index contributed by atoms with van der Waals surface area (Å²) in [6, 6.07) is 7.78. The Labute approximate surface area is 147 Å². The monoisotopic (exact) mass is 349 g/mol. The molecule has 6 heteroatoms. The highest BCUT2D eigenvalue weighted by atomic mass is 35.5. The van der Waals surface area contributed by atoms with Gasteiger partial charge in [0.15, 0.2) is 0 Å². The Kier molecular flexibility index (Phi) is 5.29. The van der Waals surface area contributed by atoms with E-state index in [-0.39, 0.29) is 24.0 Å². The van der Waals surface area contributed by atoms with Gasteiger partial charge in [0.1, 0.15) is 0 Å². The van der Waals surface area contributed by atoms with Gasteiger partial charge in [0.05, 0.1) is 12.1 Å². The molecule has 0 aromatic heterocycles. The molecule has 1 aliphatic heterocycles. The Hall–Kier alpha value is -1.75. The molecule has 0 bridgehead atoms. The summed E-state index contributed by atoms with van der Waals surface area (Å²) in [6.07, 6.45) is 4.69. The summed E-state index contributed by atoms with van der Waals surface area (Å²) in [5.41, 5.74) is 1.07. The summed E-state index contributed by atoms with van der Waals surface area (Å²) in [5, 5.41) is 6.72. The van der Waals surface area contributed by atoms with Crippen LogP contribution < -0.4 is 10.6 Å². The third-order valence-electron chi connectivity index (χ3n) is 4.93. The second-order valence-electron chi connectivity index (χ2n) is 6.83. The van der Waals surface area contributed by atoms with Gasteiger partial charge >= 0.3 is 6.03 Å². The second kappa shape index (κ2) is 7.43. The van der Waals surface area contributed by atoms with E-state index in [1.165, 1.54) is 19.8 Å². The third kappa shape index (κ3) is 4.01. The normalized spacial score (nSPS) is 19.7. The zero-order valence-corrected chi connectivity index (χ0v) is 14.7. The molecule has 3 rings (SSSR count). The molecule has 1 heterocycles. The van der Waals surface area contributed by atoms with Gasteiger partial charge in [-0.05, 0) is 36.5 Å². The van der Waals surface area contributed by atoms with E-state index in [9.17, 15) is 9.59 Å². The predicted octanol–water partition coefficient (Wildman–Crippen LogP) is 3.10. The van der Waals surface area contributed by atoms with Gasteiger partial charge in [0.2, 0.25) is 5.91 Å². The third-order valence-corrected chi connectivity index (χ3v) is 5.17. The molecule has 130 valence electrons. The average molecular weight is 350 g/mol. The number of benzene rings is 1. The van der Waals surface area contributed by atoms with Crippen LogP contribution in [-0.2, 0) is 4.79 Å². The molecule has 24 heavy (non-hydrogen) atoms. The van der Waals surface area contributed by atoms with Gasteiger partial charge in [-0.3, -0.25) is 4.79 Å². The van der Waals surface area contributed by atoms with E-state index in [2.05, 4.69) is 10.6 Å². The molecule has 2 fully saturated rings. The zero-order chi connectivity index (χ0) is 17.1. The lowest BCUT2D eigenvalue weighted by Gasteiger charge is -2.40. The number of rotatable bonds is 4. The second-order valence-corrected chi connectivity index (χ2v) is 7.27. The molecule has 1 aliphatic carbocycles. The number of nitrogens with one attached hydrogen (secondary N) is 2. The van der Waals surface area contributed by atoms with E-state index in [1.807, 2.05) is 24.3 Å². The van der Waals surface area contributed by atoms with Gasteiger partial charge in [-0.2, -0.15) is 0 Å². The Morgan fingerprint density at radius 3 is 2.58 bits per heavy atom. The minimum Gasteiger partial charge on any atom is -0.350 e. The van der Waals surface area contributed by atoms with E-state index in [4.69, 9.17) is 11.6 Å². The van der Waals surface area contributed by atoms with Crippen LogP contribution in [0.2, 0.25) is 5.02 Å². The molecule has 0 unspecified atom stereocenters. The number of carbonyl (C=O) groups is 2. The van der Waals surface area contributed by atoms with E-state index in [0.717, 1.165) is 18.4 Å². The number of urea groups is 1. The largest absolute Gasteiger partial charge is 0.350 e. The molecule has 0 spiro atoms. The lowest BCUT2D eigenvalue weighted by molar-refractivity contribution is -0.120. The van der Waals surface area contributed by atoms with Crippen molar-refractivity contribution < 1.29 is 9.59 Å². The first-order chi connectivity index (χ1) is 11.5. The summed E-state index contributed by atoms with van der Waals surface area (Å²) in [5.74, 6) is 0.405. The van der Waals surface area contributed by atoms with Gasteiger partial charge in [-0.25, -0.2) is 4.79 Å². The molecule has 1 saturated heterocycles. The van der Waals surface area contributed by atoms with Gasteiger partial charge in [0, 0.05) is 25.0 Å². The summed E-state index contributed by atoms with van der Waals surface area (Å²) in [6.45, 7) is 2.63. The lowest BCUT2D eigenvalue weighted by Crippen LogP contribution is -2.63. The van der Waals surface area contributed by atoms with Crippen LogP contribution in [0.25, 0.3) is 0 Å². The SMILES string of the molecule is CC(=O)NC1CN(C(=O)N[C@H](c2cccc(Cl)c2)C2CCCC2)C1. The van der Waals surface area contributed by atoms with Crippen LogP contribution in [-0.4, -0.2) is 36.0 Å². The van der Waals surface area contributed by atoms with Crippen molar-refractivity contribution in [3.63, 3.8) is 0 Å². The maximum absolute atomic E-state index is 12.6. The fourth-order valence-electron chi connectivity index (χ4n) is 3.71. The highest BCUT2D eigenvalue weighted by Crippen LogP contribution is 2.36. The first-order valence-corrected chi connectivity index (χ1v) is 8.98. The molecule has 3 amide bonds. The van der Waals surface area contributed by atoms with E-state index < -0.39 is 0 Å². The topological polar surface area (TPSA) is 61.4 Å². The summed E-state index contributed by atoms with van der Waals surface area (Å²) >= 11 is 6.14. The maximum Gasteiger partial charge on any atom is 0.318 e. The van der Waals surface area contributed by atoms with Crippen molar-refractivity contribution >= 4 is 23.5 Å². The lowest BCUT2D eigenvalue weighted by atomic mass is 9.91. The van der Waals surface area contributed by atoms with Gasteiger partial charge in [0.25, 0.3) is 0 Å². The van der Waals surface area contributed by atoms with Crippen LogP contribution in [0, 0.1) is 5.92 Å². The van der Waals surface area contributed by atoms with Gasteiger partial charge in [-0.1, -0.05) is 36.6 Å². The van der Waals surface area contributed by atoms with E-state index in [0.29, 0.717) is 24.0 Å². The Bertz CT molecular complexity index is 610. The first-order valence-electron chi connectivity index (χ1n) is 8.61. The molecular weight excluding hydrogens is 326 g/mol. The fourth-order valence-corrected chi connectivity index (χ4v) is 3.91. The van der Waals surface area contributed by atoms with Crippen LogP contribution in [0.15, 0.2) is 24.3 Å². The molecule has 1 saturated carbocycles. The van der Waals surface area contributed by atoms with Crippen LogP contribution in [0.1, 0.15) is 44.2 Å². The summed E-state index contributed by atoms with van der Waals surface area (Å²) < 4.78 is 0. The van der Waals surface area contributed by atoms with Crippen molar-refractivity contribution in [1.29, 1.82) is 0 Å². The number of carbonyl (C=O) groups excluding carboxylic acids is 2. The standard InChI is InChI=1S/C18H24ClN3O2/c1-12(23)20-16-10-22(11-16)18(24)21-17(13-5-2-3-6-13)14-7-4-8-15(19)9-14/h4,7-9,13,16-17H,2-3,5-6,10-11H2,1H3,(H,20,23)(H,21,24)/t17-/m0/s1. The van der Waals surface area contributed by atoms with Crippen LogP contribution in [0.4, 0.5) is 4.79 Å². The van der Waals surface area contributed by atoms with Crippen molar-refractivity contribution in [3.05, 3.63) is 34.9 Å². The summed E-state index contributed by atoms with van der Waals surface area (Å²) in [4.78, 5) is 25.3. The van der Waals surface area contributed by atoms with Crippen LogP contribution in [0.5, 0.6) is 0 Å². The molecule has 2 N–H and O–H groups in total. The van der Waals surface area contributed by atoms with Crippen LogP contribution >= 0.6 is 11.6 Å². The van der Waals surface area contributed by atoms with Gasteiger partial charge < -0.3 is 15.5 Å². The fraction of sp³-hybridized carbons (Fsp3) is 0.556. The van der Waals surface area contributed by atoms with E-state index in [1.54, 1.807) is 4.90 Å². The minimum absolute atomic E-state index is 0.00137. The Morgan fingerprint density at radius 1 is 1.25 bits per heavy atom. The van der Waals surface area contributed by atoms with Gasteiger partial charge in [-0.15, -0.1) is 0 Å². The average Bonchev–Trinajstić information content (AvgIpc) is 3.01. The molecule has 1 atom stereocenters. The Balaban J connectivity index is 1.64. The van der Waals surface area contributed by atoms with Crippen LogP contribution in [0.3, 0.4) is 0 Å². The van der Waals surface area contributed by atoms with Crippen molar-refractivity contribution in [2.75, 3.05) is 13.1 Å². The zero-order valence-electron chi connectivity index (χ0n) is 13.9. The number of hydrogen-bond donors (Lipinski definition) is 2. The minimum atomic E-state index is -0.0616. The molecule has 0 radical (unpaired) electrons. The number of likely N-dealkylation sites (tertiary alicyclic amines) is 1. The molecule has 2 aliphatic rings. The molecular formula is C18H24ClN3O2. The number of amides is 3. The van der Waals surface area contributed by atoms with Crippen molar-refractivity contribution in [1.82, 2.24) is 15.5 Å². The highest BCUT2D eigenvalue weighted by molar-refractivity contribution is 6.30. The molecule has 1 aromatic carbocycles. The maximum atomic E-state index is 12.6. The quantitative estimate of drug-likeness (QED) is 0.877. The van der Waals surface area contributed by atoms with Crippen molar-refractivity contribution in [3.8, 4) is 0 Å². The Morgan fingerprint density at radius 2 is 1.96 bits per heavy atom. The highest BCUT2D eigenvalue weighted by Gasteiger charge is 2.34. The molecule has 1 aromatic rings. The first kappa shape index (κ1) is 17.1. The van der Waals surface area contributed by atoms with Crippen molar-refractivity contribution in [2.45, 2.75) is 44.7 Å². The van der Waals surface area contributed by atoms with Crippen molar-refractivity contribution in [2.24, 2.45) is 5.92 Å². The predicted molar refractivity (Wildman–Crippen MR) is 93.9 cm³/mol. The molecule has 5 nitrogen and oxygen atoms in total. The number of nitrogens with zero attached hydrogens (tertiary/aromatic N) is 1.